The third-order valence-electron chi connectivity index (χ3n) is 4.12. The van der Waals surface area contributed by atoms with Gasteiger partial charge in [-0.25, -0.2) is 4.68 Å². The van der Waals surface area contributed by atoms with Gasteiger partial charge in [0.2, 0.25) is 0 Å². The molecular weight excluding hydrogens is 369 g/mol. The molecule has 1 amide bonds. The van der Waals surface area contributed by atoms with Gasteiger partial charge in [-0.1, -0.05) is 18.2 Å². The van der Waals surface area contributed by atoms with Crippen LogP contribution in [-0.4, -0.2) is 20.7 Å². The number of hydrogen-bond donors (Lipinski definition) is 1. The molecule has 2 heterocycles. The summed E-state index contributed by atoms with van der Waals surface area (Å²) in [5, 5.41) is 7.16. The van der Waals surface area contributed by atoms with E-state index in [2.05, 4.69) is 15.4 Å². The van der Waals surface area contributed by atoms with E-state index in [9.17, 15) is 18.0 Å². The average molecular weight is 382 g/mol. The van der Waals surface area contributed by atoms with Gasteiger partial charge in [0.05, 0.1) is 23.1 Å². The van der Waals surface area contributed by atoms with Gasteiger partial charge in [-0.15, -0.1) is 0 Å². The van der Waals surface area contributed by atoms with Crippen molar-refractivity contribution in [2.45, 2.75) is 6.18 Å². The molecule has 0 radical (unpaired) electrons. The molecule has 8 heteroatoms. The van der Waals surface area contributed by atoms with Gasteiger partial charge < -0.3 is 5.32 Å². The number of para-hydroxylation sites is 1. The van der Waals surface area contributed by atoms with E-state index in [1.165, 1.54) is 30.5 Å². The summed E-state index contributed by atoms with van der Waals surface area (Å²) < 4.78 is 39.1. The number of rotatable bonds is 3. The molecule has 0 saturated carbocycles. The van der Waals surface area contributed by atoms with Crippen molar-refractivity contribution in [2.75, 3.05) is 5.32 Å². The first-order chi connectivity index (χ1) is 13.4. The van der Waals surface area contributed by atoms with E-state index in [0.717, 1.165) is 21.7 Å². The first kappa shape index (κ1) is 17.7. The van der Waals surface area contributed by atoms with Crippen LogP contribution in [0.5, 0.6) is 0 Å². The lowest BCUT2D eigenvalue weighted by Crippen LogP contribution is -2.12. The standard InChI is InChI=1S/C20H13F3N4O/c21-20(22,23)18-9-10-27(26-18)16-7-5-13(6-8-16)19(28)25-15-11-14-3-1-2-4-17(14)24-12-15/h1-12H,(H,25,28). The molecule has 28 heavy (non-hydrogen) atoms. The fourth-order valence-electron chi connectivity index (χ4n) is 2.73. The highest BCUT2D eigenvalue weighted by molar-refractivity contribution is 6.05. The van der Waals surface area contributed by atoms with Crippen molar-refractivity contribution in [3.63, 3.8) is 0 Å². The second-order valence-corrected chi connectivity index (χ2v) is 6.06. The van der Waals surface area contributed by atoms with Crippen LogP contribution < -0.4 is 5.32 Å². The Morgan fingerprint density at radius 2 is 1.75 bits per heavy atom. The maximum atomic E-state index is 12.7. The van der Waals surface area contributed by atoms with Crippen molar-refractivity contribution in [2.24, 2.45) is 0 Å². The number of nitrogens with one attached hydrogen (secondary N) is 1. The number of fused-ring (bicyclic) bond motifs is 1. The summed E-state index contributed by atoms with van der Waals surface area (Å²) in [6, 6.07) is 16.3. The van der Waals surface area contributed by atoms with Crippen LogP contribution >= 0.6 is 0 Å². The van der Waals surface area contributed by atoms with E-state index in [0.29, 0.717) is 16.9 Å². The summed E-state index contributed by atoms with van der Waals surface area (Å²) in [5.41, 5.74) is 1.18. The topological polar surface area (TPSA) is 59.8 Å². The third kappa shape index (κ3) is 3.57. The van der Waals surface area contributed by atoms with Crippen molar-refractivity contribution in [3.05, 3.63) is 84.3 Å². The highest BCUT2D eigenvalue weighted by Crippen LogP contribution is 2.28. The molecule has 0 atom stereocenters. The number of alkyl halides is 3. The monoisotopic (exact) mass is 382 g/mol. The van der Waals surface area contributed by atoms with Crippen LogP contribution in [0.3, 0.4) is 0 Å². The second kappa shape index (κ2) is 6.80. The molecule has 1 N–H and O–H groups in total. The number of nitrogens with zero attached hydrogens (tertiary/aromatic N) is 3. The number of pyridine rings is 1. The molecule has 0 fully saturated rings. The van der Waals surface area contributed by atoms with Gasteiger partial charge >= 0.3 is 6.18 Å². The molecule has 0 aliphatic heterocycles. The van der Waals surface area contributed by atoms with Gasteiger partial charge in [0.25, 0.3) is 5.91 Å². The van der Waals surface area contributed by atoms with Crippen LogP contribution in [0.15, 0.2) is 73.1 Å². The zero-order valence-corrected chi connectivity index (χ0v) is 14.3. The molecule has 2 aromatic heterocycles. The first-order valence-electron chi connectivity index (χ1n) is 8.30. The van der Waals surface area contributed by atoms with E-state index < -0.39 is 11.9 Å². The Balaban J connectivity index is 1.51. The molecule has 5 nitrogen and oxygen atoms in total. The van der Waals surface area contributed by atoms with Crippen molar-refractivity contribution < 1.29 is 18.0 Å². The normalized spacial score (nSPS) is 11.5. The van der Waals surface area contributed by atoms with Crippen LogP contribution in [0.4, 0.5) is 18.9 Å². The van der Waals surface area contributed by atoms with Crippen LogP contribution in [0.1, 0.15) is 16.1 Å². The summed E-state index contributed by atoms with van der Waals surface area (Å²) in [4.78, 5) is 16.7. The Bertz CT molecular complexity index is 1150. The minimum atomic E-state index is -4.50. The molecule has 0 unspecified atom stereocenters. The Hall–Kier alpha value is -3.68. The Morgan fingerprint density at radius 3 is 2.46 bits per heavy atom. The quantitative estimate of drug-likeness (QED) is 0.559. The van der Waals surface area contributed by atoms with Crippen molar-refractivity contribution in [1.29, 1.82) is 0 Å². The Labute approximate surface area is 157 Å². The Kier molecular flexibility index (Phi) is 4.31. The van der Waals surface area contributed by atoms with Crippen LogP contribution in [0, 0.1) is 0 Å². The molecule has 0 spiro atoms. The van der Waals surface area contributed by atoms with E-state index in [4.69, 9.17) is 0 Å². The molecule has 4 rings (SSSR count). The van der Waals surface area contributed by atoms with Crippen molar-refractivity contribution in [3.8, 4) is 5.69 Å². The van der Waals surface area contributed by atoms with Crippen molar-refractivity contribution >= 4 is 22.5 Å². The smallest absolute Gasteiger partial charge is 0.321 e. The van der Waals surface area contributed by atoms with Gasteiger partial charge in [0, 0.05) is 17.1 Å². The number of aromatic nitrogens is 3. The maximum Gasteiger partial charge on any atom is 0.435 e. The molecule has 4 aromatic rings. The Morgan fingerprint density at radius 1 is 1.00 bits per heavy atom. The number of carbonyl (C=O) groups excluding carboxylic acids is 1. The predicted molar refractivity (Wildman–Crippen MR) is 98.3 cm³/mol. The number of hydrogen-bond acceptors (Lipinski definition) is 3. The molecule has 0 saturated heterocycles. The number of amides is 1. The lowest BCUT2D eigenvalue weighted by Gasteiger charge is -2.07. The summed E-state index contributed by atoms with van der Waals surface area (Å²) >= 11 is 0. The van der Waals surface area contributed by atoms with Gasteiger partial charge in [-0.05, 0) is 42.5 Å². The average Bonchev–Trinajstić information content (AvgIpc) is 3.19. The van der Waals surface area contributed by atoms with Gasteiger partial charge in [-0.3, -0.25) is 9.78 Å². The first-order valence-corrected chi connectivity index (χ1v) is 8.30. The van der Waals surface area contributed by atoms with Crippen LogP contribution in [0.25, 0.3) is 16.6 Å². The summed E-state index contributed by atoms with van der Waals surface area (Å²) in [7, 11) is 0. The second-order valence-electron chi connectivity index (χ2n) is 6.06. The number of carbonyl (C=O) groups is 1. The van der Waals surface area contributed by atoms with Crippen LogP contribution in [-0.2, 0) is 6.18 Å². The molecule has 2 aromatic carbocycles. The predicted octanol–water partition coefficient (Wildman–Crippen LogP) is 4.69. The SMILES string of the molecule is O=C(Nc1cnc2ccccc2c1)c1ccc(-n2ccc(C(F)(F)F)n2)cc1. The molecule has 0 aliphatic rings. The highest BCUT2D eigenvalue weighted by atomic mass is 19.4. The largest absolute Gasteiger partial charge is 0.435 e. The summed E-state index contributed by atoms with van der Waals surface area (Å²) in [6.07, 6.45) is -1.71. The molecule has 0 bridgehead atoms. The number of benzene rings is 2. The minimum absolute atomic E-state index is 0.347. The molecular formula is C20H13F3N4O. The van der Waals surface area contributed by atoms with Gasteiger partial charge in [0.15, 0.2) is 5.69 Å². The summed E-state index contributed by atoms with van der Waals surface area (Å²) in [5.74, 6) is -0.347. The van der Waals surface area contributed by atoms with Crippen molar-refractivity contribution in [1.82, 2.24) is 14.8 Å². The molecule has 140 valence electrons. The van der Waals surface area contributed by atoms with Crippen LogP contribution in [0.2, 0.25) is 0 Å². The van der Waals surface area contributed by atoms with Gasteiger partial charge in [0.1, 0.15) is 0 Å². The lowest BCUT2D eigenvalue weighted by atomic mass is 10.2. The number of halogens is 3. The van der Waals surface area contributed by atoms with E-state index >= 15 is 0 Å². The third-order valence-corrected chi connectivity index (χ3v) is 4.12. The lowest BCUT2D eigenvalue weighted by molar-refractivity contribution is -0.141. The minimum Gasteiger partial charge on any atom is -0.321 e. The molecule has 0 aliphatic carbocycles. The van der Waals surface area contributed by atoms with E-state index in [-0.39, 0.29) is 5.91 Å². The highest BCUT2D eigenvalue weighted by Gasteiger charge is 2.33. The van der Waals surface area contributed by atoms with E-state index in [1.807, 2.05) is 30.3 Å². The zero-order valence-electron chi connectivity index (χ0n) is 14.3. The van der Waals surface area contributed by atoms with Gasteiger partial charge in [-0.2, -0.15) is 18.3 Å². The van der Waals surface area contributed by atoms with E-state index in [1.54, 1.807) is 6.20 Å². The fourth-order valence-corrected chi connectivity index (χ4v) is 2.73. The maximum absolute atomic E-state index is 12.7. The number of anilines is 1. The fraction of sp³-hybridized carbons (Fsp3) is 0.0500. The zero-order chi connectivity index (χ0) is 19.7. The summed E-state index contributed by atoms with van der Waals surface area (Å²) in [6.45, 7) is 0.